The number of carbonyl (C=O) groups excluding carboxylic acids is 2. The fraction of sp³-hybridized carbons (Fsp3) is 0.746. The highest BCUT2D eigenvalue weighted by atomic mass is 31.2. The van der Waals surface area contributed by atoms with Crippen LogP contribution in [0.25, 0.3) is 0 Å². The van der Waals surface area contributed by atoms with Crippen molar-refractivity contribution in [2.75, 3.05) is 40.9 Å². The van der Waals surface area contributed by atoms with Gasteiger partial charge in [-0.05, 0) is 102 Å². The lowest BCUT2D eigenvalue weighted by molar-refractivity contribution is -0.870. The van der Waals surface area contributed by atoms with E-state index in [0.29, 0.717) is 23.9 Å². The number of amides is 1. The summed E-state index contributed by atoms with van der Waals surface area (Å²) in [5.74, 6) is -0.548. The predicted octanol–water partition coefficient (Wildman–Crippen LogP) is 18.2. The maximum Gasteiger partial charge on any atom is 0.472 e. The van der Waals surface area contributed by atoms with Gasteiger partial charge in [0.1, 0.15) is 19.3 Å². The van der Waals surface area contributed by atoms with Gasteiger partial charge in [-0.1, -0.05) is 222 Å². The molecule has 10 heteroatoms. The number of quaternary nitrogens is 1. The first-order chi connectivity index (χ1) is 35.4. The Hall–Kier alpha value is -2.81. The number of esters is 1. The molecule has 0 aromatic rings. The normalized spacial score (nSPS) is 14.3. The number of nitrogens with one attached hydrogen (secondary N) is 1. The van der Waals surface area contributed by atoms with Crippen molar-refractivity contribution < 1.29 is 37.3 Å². The summed E-state index contributed by atoms with van der Waals surface area (Å²) in [6.45, 7) is 6.86. The standard InChI is InChI=1S/C63H113N2O7P/c1-7-10-13-16-19-22-25-28-29-30-31-32-33-34-35-38-40-43-46-49-52-55-62(66)64-60(59-71-73(68,69)70-58-57-65(4,5)6)61(54-51-48-45-42-39-36-26-23-20-17-14-11-8-2)72-63(67)56-53-50-47-44-41-37-27-24-21-18-15-12-9-3/h10,13,19,22,28-29,31-32,34-35,37,41,51,54,60-61H,7-9,11-12,14-18,20-21,23-27,30,33,36,38-40,42-50,52-53,55-59H2,1-6H3,(H-,64,66,68,69)/p+1/b13-10-,22-19-,29-28-,32-31-,35-34-,41-37-,54-51-. The third-order valence-corrected chi connectivity index (χ3v) is 13.8. The highest BCUT2D eigenvalue weighted by molar-refractivity contribution is 7.47. The van der Waals surface area contributed by atoms with Crippen LogP contribution in [0.2, 0.25) is 0 Å². The molecule has 0 aromatic heterocycles. The smallest absolute Gasteiger partial charge is 0.456 e. The number of rotatable bonds is 53. The van der Waals surface area contributed by atoms with E-state index in [1.165, 1.54) is 96.3 Å². The average molecular weight is 1040 g/mol. The van der Waals surface area contributed by atoms with Crippen LogP contribution >= 0.6 is 7.82 Å². The molecule has 0 aliphatic carbocycles. The van der Waals surface area contributed by atoms with Gasteiger partial charge in [0.25, 0.3) is 0 Å². The molecule has 0 rings (SSSR count). The predicted molar refractivity (Wildman–Crippen MR) is 314 cm³/mol. The maximum absolute atomic E-state index is 13.5. The summed E-state index contributed by atoms with van der Waals surface area (Å²) in [5.41, 5.74) is 0. The lowest BCUT2D eigenvalue weighted by Crippen LogP contribution is -2.47. The van der Waals surface area contributed by atoms with E-state index in [0.717, 1.165) is 116 Å². The number of unbranched alkanes of at least 4 members (excludes halogenated alkanes) is 25. The van der Waals surface area contributed by atoms with E-state index in [9.17, 15) is 19.0 Å². The molecule has 1 amide bonds. The molecule has 0 saturated carbocycles. The van der Waals surface area contributed by atoms with Crippen molar-refractivity contribution in [3.63, 3.8) is 0 Å². The molecule has 2 N–H and O–H groups in total. The van der Waals surface area contributed by atoms with Gasteiger partial charge in [-0.2, -0.15) is 0 Å². The number of hydrogen-bond donors (Lipinski definition) is 2. The minimum absolute atomic E-state index is 0.0306. The molecule has 3 unspecified atom stereocenters. The zero-order valence-electron chi connectivity index (χ0n) is 48.1. The van der Waals surface area contributed by atoms with Crippen molar-refractivity contribution in [3.8, 4) is 0 Å². The summed E-state index contributed by atoms with van der Waals surface area (Å²) < 4.78 is 30.6. The molecule has 0 radical (unpaired) electrons. The van der Waals surface area contributed by atoms with E-state index in [2.05, 4.69) is 99.0 Å². The lowest BCUT2D eigenvalue weighted by atomic mass is 10.0. The number of nitrogens with zero attached hydrogens (tertiary/aromatic N) is 1. The third kappa shape index (κ3) is 53.8. The molecular weight excluding hydrogens is 928 g/mol. The van der Waals surface area contributed by atoms with Crippen molar-refractivity contribution in [1.82, 2.24) is 5.32 Å². The van der Waals surface area contributed by atoms with Crippen LogP contribution in [0, 0.1) is 0 Å². The second-order valence-electron chi connectivity index (χ2n) is 21.1. The number of allylic oxidation sites excluding steroid dienone is 13. The average Bonchev–Trinajstić information content (AvgIpc) is 3.35. The fourth-order valence-electron chi connectivity index (χ4n) is 8.20. The largest absolute Gasteiger partial charge is 0.472 e. The molecule has 0 bridgehead atoms. The van der Waals surface area contributed by atoms with Crippen LogP contribution in [-0.2, 0) is 27.9 Å². The summed E-state index contributed by atoms with van der Waals surface area (Å²) in [7, 11) is 1.47. The molecule has 0 aliphatic rings. The van der Waals surface area contributed by atoms with Crippen LogP contribution in [-0.4, -0.2) is 74.3 Å². The molecule has 0 fully saturated rings. The first-order valence-corrected chi connectivity index (χ1v) is 31.4. The fourth-order valence-corrected chi connectivity index (χ4v) is 8.93. The number of ether oxygens (including phenoxy) is 1. The number of carbonyl (C=O) groups is 2. The SMILES string of the molecule is CC/C=C\C/C=C\C/C=C\C/C=C\C/C=C\CCCCCCCC(=O)NC(COP(=O)(O)OCC[N+](C)(C)C)C(/C=C\CCCCCCCCCCCCC)OC(=O)CCCCC/C=C\CCCCCCCC. The number of phosphoric ester groups is 1. The van der Waals surface area contributed by atoms with Crippen molar-refractivity contribution in [2.45, 2.75) is 264 Å². The van der Waals surface area contributed by atoms with Crippen molar-refractivity contribution in [1.29, 1.82) is 0 Å². The van der Waals surface area contributed by atoms with Gasteiger partial charge in [0.05, 0.1) is 33.8 Å². The van der Waals surface area contributed by atoms with E-state index in [-0.39, 0.29) is 31.5 Å². The molecule has 0 aromatic carbocycles. The number of phosphoric acid groups is 1. The molecule has 3 atom stereocenters. The highest BCUT2D eigenvalue weighted by Gasteiger charge is 2.30. The Bertz CT molecular complexity index is 1530. The minimum atomic E-state index is -4.46. The van der Waals surface area contributed by atoms with E-state index >= 15 is 0 Å². The van der Waals surface area contributed by atoms with Gasteiger partial charge in [0.2, 0.25) is 5.91 Å². The van der Waals surface area contributed by atoms with Crippen LogP contribution in [0.4, 0.5) is 0 Å². The van der Waals surface area contributed by atoms with E-state index < -0.39 is 20.0 Å². The van der Waals surface area contributed by atoms with Gasteiger partial charge in [-0.25, -0.2) is 4.57 Å². The Labute approximate surface area is 450 Å². The molecular formula is C63H114N2O7P+. The van der Waals surface area contributed by atoms with Crippen LogP contribution in [0.5, 0.6) is 0 Å². The van der Waals surface area contributed by atoms with Crippen LogP contribution in [0.15, 0.2) is 85.1 Å². The number of likely N-dealkylation sites (N-methyl/N-ethyl adjacent to an activating group) is 1. The molecule has 422 valence electrons. The molecule has 0 heterocycles. The summed E-state index contributed by atoms with van der Waals surface area (Å²) in [5, 5.41) is 3.04. The van der Waals surface area contributed by atoms with E-state index in [4.69, 9.17) is 13.8 Å². The molecule has 0 saturated heterocycles. The molecule has 0 spiro atoms. The summed E-state index contributed by atoms with van der Waals surface area (Å²) >= 11 is 0. The maximum atomic E-state index is 13.5. The topological polar surface area (TPSA) is 111 Å². The zero-order chi connectivity index (χ0) is 53.6. The van der Waals surface area contributed by atoms with Gasteiger partial charge in [-0.3, -0.25) is 18.6 Å². The first-order valence-electron chi connectivity index (χ1n) is 29.9. The third-order valence-electron chi connectivity index (χ3n) is 12.8. The van der Waals surface area contributed by atoms with Crippen molar-refractivity contribution in [2.24, 2.45) is 0 Å². The molecule has 9 nitrogen and oxygen atoms in total. The summed E-state index contributed by atoms with van der Waals surface area (Å²) in [6, 6.07) is -0.868. The molecule has 73 heavy (non-hydrogen) atoms. The van der Waals surface area contributed by atoms with Gasteiger partial charge >= 0.3 is 13.8 Å². The quantitative estimate of drug-likeness (QED) is 0.0205. The second kappa shape index (κ2) is 52.6. The second-order valence-corrected chi connectivity index (χ2v) is 22.6. The summed E-state index contributed by atoms with van der Waals surface area (Å²) in [4.78, 5) is 37.6. The Morgan fingerprint density at radius 3 is 1.34 bits per heavy atom. The van der Waals surface area contributed by atoms with Crippen molar-refractivity contribution >= 4 is 19.7 Å². The van der Waals surface area contributed by atoms with Crippen molar-refractivity contribution in [3.05, 3.63) is 85.1 Å². The highest BCUT2D eigenvalue weighted by Crippen LogP contribution is 2.43. The van der Waals surface area contributed by atoms with Crippen LogP contribution in [0.1, 0.15) is 252 Å². The Kier molecular flexibility index (Phi) is 50.6. The first kappa shape index (κ1) is 70.2. The van der Waals surface area contributed by atoms with Gasteiger partial charge in [0.15, 0.2) is 0 Å². The van der Waals surface area contributed by atoms with Crippen LogP contribution < -0.4 is 5.32 Å². The Balaban J connectivity index is 5.35. The molecule has 0 aliphatic heterocycles. The van der Waals surface area contributed by atoms with Crippen LogP contribution in [0.3, 0.4) is 0 Å². The Morgan fingerprint density at radius 2 is 0.877 bits per heavy atom. The van der Waals surface area contributed by atoms with E-state index in [1.807, 2.05) is 33.3 Å². The van der Waals surface area contributed by atoms with Gasteiger partial charge < -0.3 is 19.4 Å². The van der Waals surface area contributed by atoms with Gasteiger partial charge in [-0.15, -0.1) is 0 Å². The monoisotopic (exact) mass is 1040 g/mol. The lowest BCUT2D eigenvalue weighted by Gasteiger charge is -2.27. The Morgan fingerprint density at radius 1 is 0.493 bits per heavy atom. The zero-order valence-corrected chi connectivity index (χ0v) is 49.0. The summed E-state index contributed by atoms with van der Waals surface area (Å²) in [6.07, 6.45) is 68.6. The van der Waals surface area contributed by atoms with Gasteiger partial charge in [0, 0.05) is 12.8 Å². The number of hydrogen-bond acceptors (Lipinski definition) is 6. The van der Waals surface area contributed by atoms with E-state index in [1.54, 1.807) is 0 Å². The minimum Gasteiger partial charge on any atom is -0.456 e.